The van der Waals surface area contributed by atoms with E-state index in [9.17, 15) is 4.79 Å². The summed E-state index contributed by atoms with van der Waals surface area (Å²) in [7, 11) is 0. The molecule has 0 atom stereocenters. The van der Waals surface area contributed by atoms with E-state index in [-0.39, 0.29) is 0 Å². The van der Waals surface area contributed by atoms with Crippen molar-refractivity contribution in [2.24, 2.45) is 0 Å². The molecule has 0 aliphatic heterocycles. The van der Waals surface area contributed by atoms with Crippen molar-refractivity contribution >= 4 is 17.0 Å². The highest BCUT2D eigenvalue weighted by molar-refractivity contribution is 6.61. The Morgan fingerprint density at radius 2 is 2.31 bits per heavy atom. The summed E-state index contributed by atoms with van der Waals surface area (Å²) in [5, 5.41) is 8.55. The summed E-state index contributed by atoms with van der Waals surface area (Å²) in [4.78, 5) is 10.4. The van der Waals surface area contributed by atoms with Crippen molar-refractivity contribution in [1.82, 2.24) is 0 Å². The number of hydrogen-bond donors (Lipinski definition) is 0. The highest BCUT2D eigenvalue weighted by Crippen LogP contribution is 2.19. The van der Waals surface area contributed by atoms with E-state index in [4.69, 9.17) is 16.9 Å². The van der Waals surface area contributed by atoms with Crippen molar-refractivity contribution in [3.63, 3.8) is 0 Å². The minimum atomic E-state index is -0.882. The van der Waals surface area contributed by atoms with Gasteiger partial charge in [-0.1, -0.05) is 0 Å². The van der Waals surface area contributed by atoms with E-state index in [0.29, 0.717) is 16.9 Å². The molecule has 1 rings (SSSR count). The maximum atomic E-state index is 10.4. The zero-order valence-electron chi connectivity index (χ0n) is 6.87. The van der Waals surface area contributed by atoms with Crippen molar-refractivity contribution in [3.05, 3.63) is 29.3 Å². The van der Waals surface area contributed by atoms with Crippen LogP contribution in [0.4, 0.5) is 4.79 Å². The first kappa shape index (κ1) is 9.56. The van der Waals surface area contributed by atoms with Crippen LogP contribution in [0.1, 0.15) is 11.1 Å². The van der Waals surface area contributed by atoms with E-state index in [1.165, 1.54) is 6.07 Å². The Labute approximate surface area is 80.5 Å². The Hall–Kier alpha value is -1.53. The number of rotatable bonds is 1. The summed E-state index contributed by atoms with van der Waals surface area (Å²) in [5.74, 6) is 0.374. The predicted octanol–water partition coefficient (Wildman–Crippen LogP) is 2.60. The van der Waals surface area contributed by atoms with E-state index in [2.05, 4.69) is 4.74 Å². The summed E-state index contributed by atoms with van der Waals surface area (Å²) in [5.41, 5.74) is 0.340. The van der Waals surface area contributed by atoms with E-state index < -0.39 is 5.43 Å². The largest absolute Gasteiger partial charge is 0.414 e. The first-order valence-corrected chi connectivity index (χ1v) is 3.89. The van der Waals surface area contributed by atoms with Crippen LogP contribution in [0.3, 0.4) is 0 Å². The van der Waals surface area contributed by atoms with E-state index in [1.807, 2.05) is 6.07 Å². The van der Waals surface area contributed by atoms with Crippen molar-refractivity contribution in [2.75, 3.05) is 0 Å². The van der Waals surface area contributed by atoms with Gasteiger partial charge in [0.05, 0.1) is 11.6 Å². The Kier molecular flexibility index (Phi) is 2.88. The number of benzene rings is 1. The van der Waals surface area contributed by atoms with Crippen LogP contribution in [-0.4, -0.2) is 5.43 Å². The molecule has 3 nitrogen and oxygen atoms in total. The van der Waals surface area contributed by atoms with E-state index in [0.717, 1.165) is 0 Å². The lowest BCUT2D eigenvalue weighted by atomic mass is 10.1. The van der Waals surface area contributed by atoms with Crippen LogP contribution >= 0.6 is 11.6 Å². The molecule has 0 N–H and O–H groups in total. The highest BCUT2D eigenvalue weighted by Gasteiger charge is 2.04. The normalized spacial score (nSPS) is 9.00. The van der Waals surface area contributed by atoms with Gasteiger partial charge in [-0.05, 0) is 30.7 Å². The van der Waals surface area contributed by atoms with Gasteiger partial charge in [0, 0.05) is 11.6 Å². The summed E-state index contributed by atoms with van der Waals surface area (Å²) in [6.45, 7) is 1.73. The third kappa shape index (κ3) is 2.46. The molecule has 13 heavy (non-hydrogen) atoms. The molecule has 4 heteroatoms. The molecule has 0 unspecified atom stereocenters. The van der Waals surface area contributed by atoms with Crippen molar-refractivity contribution in [2.45, 2.75) is 6.92 Å². The zero-order valence-corrected chi connectivity index (χ0v) is 7.63. The summed E-state index contributed by atoms with van der Waals surface area (Å²) >= 11 is 5.03. The smallest absolute Gasteiger partial charge is 0.409 e. The standard InChI is InChI=1S/C9H6ClNO2/c1-6-4-7(5-11)2-3-8(6)13-9(10)12/h2-4H,1H3. The second-order valence-corrected chi connectivity index (χ2v) is 2.74. The quantitative estimate of drug-likeness (QED) is 0.648. The number of ether oxygens (including phenoxy) is 1. The number of halogens is 1. The van der Waals surface area contributed by atoms with Gasteiger partial charge in [0.25, 0.3) is 0 Å². The Morgan fingerprint density at radius 1 is 1.62 bits per heavy atom. The van der Waals surface area contributed by atoms with Gasteiger partial charge in [-0.25, -0.2) is 4.79 Å². The number of aryl methyl sites for hydroxylation is 1. The second-order valence-electron chi connectivity index (χ2n) is 2.43. The number of nitriles is 1. The predicted molar refractivity (Wildman–Crippen MR) is 47.8 cm³/mol. The van der Waals surface area contributed by atoms with Crippen molar-refractivity contribution < 1.29 is 9.53 Å². The fraction of sp³-hybridized carbons (Fsp3) is 0.111. The van der Waals surface area contributed by atoms with Crippen molar-refractivity contribution in [3.8, 4) is 11.8 Å². The SMILES string of the molecule is Cc1cc(C#N)ccc1OC(=O)Cl. The highest BCUT2D eigenvalue weighted by atomic mass is 35.5. The molecule has 0 bridgehead atoms. The topological polar surface area (TPSA) is 50.1 Å². The minimum Gasteiger partial charge on any atom is -0.414 e. The lowest BCUT2D eigenvalue weighted by Gasteiger charge is -2.03. The molecule has 0 aliphatic carbocycles. The Bertz CT molecular complexity index is 382. The first-order chi connectivity index (χ1) is 6.13. The molecule has 0 fully saturated rings. The molecule has 0 saturated heterocycles. The fourth-order valence-corrected chi connectivity index (χ4v) is 1.00. The molecule has 0 radical (unpaired) electrons. The van der Waals surface area contributed by atoms with Gasteiger partial charge in [-0.2, -0.15) is 5.26 Å². The van der Waals surface area contributed by atoms with Crippen LogP contribution in [-0.2, 0) is 0 Å². The van der Waals surface area contributed by atoms with Gasteiger partial charge in [0.1, 0.15) is 5.75 Å². The van der Waals surface area contributed by atoms with Gasteiger partial charge in [-0.3, -0.25) is 0 Å². The molecule has 66 valence electrons. The molecule has 0 amide bonds. The molecule has 0 aromatic heterocycles. The van der Waals surface area contributed by atoms with Crippen LogP contribution in [0.15, 0.2) is 18.2 Å². The van der Waals surface area contributed by atoms with E-state index in [1.54, 1.807) is 19.1 Å². The zero-order chi connectivity index (χ0) is 9.84. The van der Waals surface area contributed by atoms with Gasteiger partial charge < -0.3 is 4.74 Å². The summed E-state index contributed by atoms with van der Waals surface area (Å²) in [6.07, 6.45) is 0. The first-order valence-electron chi connectivity index (χ1n) is 3.51. The molecule has 1 aromatic rings. The Morgan fingerprint density at radius 3 is 2.77 bits per heavy atom. The van der Waals surface area contributed by atoms with Gasteiger partial charge in [0.15, 0.2) is 0 Å². The van der Waals surface area contributed by atoms with Crippen LogP contribution in [0.25, 0.3) is 0 Å². The van der Waals surface area contributed by atoms with Crippen LogP contribution in [0, 0.1) is 18.3 Å². The number of carbonyl (C=O) groups is 1. The summed E-state index contributed by atoms with van der Waals surface area (Å²) < 4.78 is 4.66. The Balaban J connectivity index is 3.00. The van der Waals surface area contributed by atoms with Crippen molar-refractivity contribution in [1.29, 1.82) is 5.26 Å². The van der Waals surface area contributed by atoms with E-state index >= 15 is 0 Å². The maximum absolute atomic E-state index is 10.4. The molecular formula is C9H6ClNO2. The molecule has 1 aromatic carbocycles. The second kappa shape index (κ2) is 3.92. The minimum absolute atomic E-state index is 0.374. The molecular weight excluding hydrogens is 190 g/mol. The number of carbonyl (C=O) groups excluding carboxylic acids is 1. The average Bonchev–Trinajstić information content (AvgIpc) is 2.08. The number of hydrogen-bond acceptors (Lipinski definition) is 3. The van der Waals surface area contributed by atoms with Gasteiger partial charge in [-0.15, -0.1) is 0 Å². The van der Waals surface area contributed by atoms with Crippen LogP contribution in [0.2, 0.25) is 0 Å². The third-order valence-electron chi connectivity index (χ3n) is 1.49. The lowest BCUT2D eigenvalue weighted by molar-refractivity contribution is 0.225. The van der Waals surface area contributed by atoms with Gasteiger partial charge >= 0.3 is 5.43 Å². The fourth-order valence-electron chi connectivity index (χ4n) is 0.920. The lowest BCUT2D eigenvalue weighted by Crippen LogP contribution is -1.97. The summed E-state index contributed by atoms with van der Waals surface area (Å²) in [6, 6.07) is 6.69. The van der Waals surface area contributed by atoms with Crippen LogP contribution < -0.4 is 4.74 Å². The monoisotopic (exact) mass is 195 g/mol. The molecule has 0 saturated carbocycles. The van der Waals surface area contributed by atoms with Gasteiger partial charge in [0.2, 0.25) is 0 Å². The molecule has 0 aliphatic rings. The maximum Gasteiger partial charge on any atom is 0.409 e. The number of nitrogens with zero attached hydrogens (tertiary/aromatic N) is 1. The third-order valence-corrected chi connectivity index (χ3v) is 1.57. The molecule has 0 heterocycles. The molecule has 0 spiro atoms. The van der Waals surface area contributed by atoms with Crippen LogP contribution in [0.5, 0.6) is 5.75 Å². The average molecular weight is 196 g/mol.